The number of hydrogen-bond acceptors (Lipinski definition) is 2. The fraction of sp³-hybridized carbons (Fsp3) is 0.200. The maximum atomic E-state index is 11.3. The maximum absolute atomic E-state index is 11.3. The number of rotatable bonds is 2. The van der Waals surface area contributed by atoms with Crippen LogP contribution in [0.5, 0.6) is 0 Å². The molecule has 0 aliphatic heterocycles. The molecule has 2 amide bonds. The largest absolute Gasteiger partial charge is 0.339 e. The van der Waals surface area contributed by atoms with Crippen LogP contribution in [0.4, 0.5) is 10.5 Å². The molecule has 0 heterocycles. The van der Waals surface area contributed by atoms with Gasteiger partial charge in [-0.1, -0.05) is 23.2 Å². The first kappa shape index (κ1) is 12.8. The van der Waals surface area contributed by atoms with Gasteiger partial charge in [-0.3, -0.25) is 0 Å². The van der Waals surface area contributed by atoms with E-state index in [4.69, 9.17) is 23.2 Å². The number of halogens is 2. The van der Waals surface area contributed by atoms with Crippen molar-refractivity contribution in [2.45, 2.75) is 13.8 Å². The molecule has 6 heteroatoms. The molecule has 0 atom stereocenters. The van der Waals surface area contributed by atoms with Gasteiger partial charge in [0.25, 0.3) is 0 Å². The van der Waals surface area contributed by atoms with E-state index >= 15 is 0 Å². The van der Waals surface area contributed by atoms with Gasteiger partial charge in [-0.25, -0.2) is 10.2 Å². The Bertz CT molecular complexity index is 428. The van der Waals surface area contributed by atoms with Crippen molar-refractivity contribution in [2.24, 2.45) is 5.10 Å². The highest BCUT2D eigenvalue weighted by Gasteiger charge is 2.05. The third kappa shape index (κ3) is 4.08. The Morgan fingerprint density at radius 1 is 1.31 bits per heavy atom. The minimum Gasteiger partial charge on any atom is -0.305 e. The van der Waals surface area contributed by atoms with Crippen molar-refractivity contribution < 1.29 is 4.79 Å². The van der Waals surface area contributed by atoms with Crippen molar-refractivity contribution in [1.82, 2.24) is 5.43 Å². The summed E-state index contributed by atoms with van der Waals surface area (Å²) in [6, 6.07) is 4.34. The van der Waals surface area contributed by atoms with Crippen molar-refractivity contribution >= 4 is 40.6 Å². The molecular weight excluding hydrogens is 249 g/mol. The summed E-state index contributed by atoms with van der Waals surface area (Å²) in [5, 5.41) is 7.19. The number of hydrogen-bond donors (Lipinski definition) is 2. The van der Waals surface area contributed by atoms with Gasteiger partial charge in [-0.2, -0.15) is 5.10 Å². The first-order chi connectivity index (χ1) is 7.49. The molecule has 0 spiro atoms. The van der Waals surface area contributed by atoms with E-state index in [1.165, 1.54) is 0 Å². The molecule has 0 aromatic heterocycles. The average molecular weight is 260 g/mol. The molecule has 0 bridgehead atoms. The molecule has 0 aliphatic rings. The van der Waals surface area contributed by atoms with E-state index in [1.54, 1.807) is 32.0 Å². The van der Waals surface area contributed by atoms with Crippen LogP contribution in [0.15, 0.2) is 23.3 Å². The summed E-state index contributed by atoms with van der Waals surface area (Å²) in [6.45, 7) is 3.54. The number of nitrogens with one attached hydrogen (secondary N) is 2. The van der Waals surface area contributed by atoms with E-state index in [0.717, 1.165) is 5.71 Å². The molecule has 0 radical (unpaired) electrons. The highest BCUT2D eigenvalue weighted by atomic mass is 35.5. The number of nitrogens with zero attached hydrogens (tertiary/aromatic N) is 1. The molecule has 16 heavy (non-hydrogen) atoms. The summed E-state index contributed by atoms with van der Waals surface area (Å²) in [4.78, 5) is 11.3. The third-order valence-corrected chi connectivity index (χ3v) is 2.12. The normalized spacial score (nSPS) is 9.50. The first-order valence-electron chi connectivity index (χ1n) is 4.52. The van der Waals surface area contributed by atoms with Crippen molar-refractivity contribution in [3.63, 3.8) is 0 Å². The van der Waals surface area contributed by atoms with Gasteiger partial charge in [0.05, 0.1) is 10.7 Å². The van der Waals surface area contributed by atoms with Crippen molar-refractivity contribution in [3.8, 4) is 0 Å². The van der Waals surface area contributed by atoms with Crippen LogP contribution in [0.2, 0.25) is 10.0 Å². The fourth-order valence-electron chi connectivity index (χ4n) is 0.906. The number of amides is 2. The number of anilines is 1. The van der Waals surface area contributed by atoms with Gasteiger partial charge in [-0.15, -0.1) is 0 Å². The van der Waals surface area contributed by atoms with Crippen LogP contribution in [-0.2, 0) is 0 Å². The monoisotopic (exact) mass is 259 g/mol. The Balaban J connectivity index is 2.69. The van der Waals surface area contributed by atoms with E-state index in [2.05, 4.69) is 15.8 Å². The van der Waals surface area contributed by atoms with Gasteiger partial charge >= 0.3 is 6.03 Å². The Morgan fingerprint density at radius 2 is 2.00 bits per heavy atom. The van der Waals surface area contributed by atoms with Gasteiger partial charge in [0.1, 0.15) is 0 Å². The minimum atomic E-state index is -0.467. The van der Waals surface area contributed by atoms with E-state index < -0.39 is 6.03 Å². The summed E-state index contributed by atoms with van der Waals surface area (Å²) < 4.78 is 0. The zero-order valence-corrected chi connectivity index (χ0v) is 10.4. The average Bonchev–Trinajstić information content (AvgIpc) is 2.20. The van der Waals surface area contributed by atoms with Crippen molar-refractivity contribution in [2.75, 3.05) is 5.32 Å². The first-order valence-corrected chi connectivity index (χ1v) is 5.27. The van der Waals surface area contributed by atoms with E-state index in [-0.39, 0.29) is 0 Å². The Hall–Kier alpha value is -1.26. The molecule has 0 saturated heterocycles. The molecule has 1 rings (SSSR count). The lowest BCUT2D eigenvalue weighted by atomic mass is 10.3. The molecule has 4 nitrogen and oxygen atoms in total. The second-order valence-corrected chi connectivity index (χ2v) is 4.09. The van der Waals surface area contributed by atoms with Crippen LogP contribution >= 0.6 is 23.2 Å². The highest BCUT2D eigenvalue weighted by Crippen LogP contribution is 2.25. The summed E-state index contributed by atoms with van der Waals surface area (Å²) in [5.41, 5.74) is 3.50. The van der Waals surface area contributed by atoms with Gasteiger partial charge in [0.15, 0.2) is 0 Å². The second kappa shape index (κ2) is 5.72. The van der Waals surface area contributed by atoms with Gasteiger partial charge in [-0.05, 0) is 32.0 Å². The number of benzene rings is 1. The molecule has 0 unspecified atom stereocenters. The van der Waals surface area contributed by atoms with E-state index in [0.29, 0.717) is 15.7 Å². The van der Waals surface area contributed by atoms with Crippen LogP contribution < -0.4 is 10.7 Å². The predicted octanol–water partition coefficient (Wildman–Crippen LogP) is 3.51. The van der Waals surface area contributed by atoms with E-state index in [9.17, 15) is 4.79 Å². The third-order valence-electron chi connectivity index (χ3n) is 1.56. The lowest BCUT2D eigenvalue weighted by molar-refractivity contribution is 0.252. The smallest absolute Gasteiger partial charge is 0.305 e. The maximum Gasteiger partial charge on any atom is 0.339 e. The van der Waals surface area contributed by atoms with Crippen molar-refractivity contribution in [1.29, 1.82) is 0 Å². The zero-order valence-electron chi connectivity index (χ0n) is 8.84. The summed E-state index contributed by atoms with van der Waals surface area (Å²) in [7, 11) is 0. The minimum absolute atomic E-state index is 0.414. The lowest BCUT2D eigenvalue weighted by Crippen LogP contribution is -2.24. The summed E-state index contributed by atoms with van der Waals surface area (Å²) >= 11 is 11.6. The van der Waals surface area contributed by atoms with Crippen LogP contribution in [0.3, 0.4) is 0 Å². The Kier molecular flexibility index (Phi) is 4.58. The molecule has 1 aromatic rings. The Morgan fingerprint density at radius 3 is 2.62 bits per heavy atom. The molecular formula is C10H11Cl2N3O. The number of carbonyl (C=O) groups excluding carboxylic acids is 1. The van der Waals surface area contributed by atoms with Crippen LogP contribution in [-0.4, -0.2) is 11.7 Å². The molecule has 2 N–H and O–H groups in total. The molecule has 86 valence electrons. The second-order valence-electron chi connectivity index (χ2n) is 3.25. The van der Waals surface area contributed by atoms with Gasteiger partial charge in [0.2, 0.25) is 0 Å². The standard InChI is InChI=1S/C10H11Cl2N3O/c1-6(2)14-15-10(16)13-9-5-7(11)3-4-8(9)12/h3-5H,1-2H3,(H2,13,15,16). The fourth-order valence-corrected chi connectivity index (χ4v) is 1.24. The van der Waals surface area contributed by atoms with Crippen LogP contribution in [0.25, 0.3) is 0 Å². The zero-order chi connectivity index (χ0) is 12.1. The molecule has 0 fully saturated rings. The van der Waals surface area contributed by atoms with Gasteiger partial charge in [0, 0.05) is 10.7 Å². The van der Waals surface area contributed by atoms with Crippen molar-refractivity contribution in [3.05, 3.63) is 28.2 Å². The molecule has 0 saturated carbocycles. The van der Waals surface area contributed by atoms with E-state index in [1.807, 2.05) is 0 Å². The quantitative estimate of drug-likeness (QED) is 0.620. The number of urea groups is 1. The molecule has 1 aromatic carbocycles. The molecule has 0 aliphatic carbocycles. The number of hydrazone groups is 1. The summed E-state index contributed by atoms with van der Waals surface area (Å²) in [5.74, 6) is 0. The highest BCUT2D eigenvalue weighted by molar-refractivity contribution is 6.35. The SMILES string of the molecule is CC(C)=NNC(=O)Nc1cc(Cl)ccc1Cl. The van der Waals surface area contributed by atoms with Gasteiger partial charge < -0.3 is 5.32 Å². The Labute approximate surface area is 104 Å². The lowest BCUT2D eigenvalue weighted by Gasteiger charge is -2.06. The topological polar surface area (TPSA) is 53.5 Å². The van der Waals surface area contributed by atoms with Crippen LogP contribution in [0, 0.1) is 0 Å². The summed E-state index contributed by atoms with van der Waals surface area (Å²) in [6.07, 6.45) is 0. The van der Waals surface area contributed by atoms with Crippen LogP contribution in [0.1, 0.15) is 13.8 Å². The predicted molar refractivity (Wildman–Crippen MR) is 67.4 cm³/mol. The number of carbonyl (C=O) groups is 1.